The Bertz CT molecular complexity index is 619. The zero-order valence-electron chi connectivity index (χ0n) is 11.7. The summed E-state index contributed by atoms with van der Waals surface area (Å²) in [4.78, 5) is 15.8. The summed E-state index contributed by atoms with van der Waals surface area (Å²) in [6, 6.07) is 7.65. The summed E-state index contributed by atoms with van der Waals surface area (Å²) in [7, 11) is 0. The summed E-state index contributed by atoms with van der Waals surface area (Å²) >= 11 is 1.43. The van der Waals surface area contributed by atoms with Crippen LogP contribution in [0.25, 0.3) is 10.6 Å². The summed E-state index contributed by atoms with van der Waals surface area (Å²) in [6.45, 7) is 5.82. The molecule has 106 valence electrons. The fourth-order valence-corrected chi connectivity index (χ4v) is 2.74. The van der Waals surface area contributed by atoms with Crippen LogP contribution in [-0.2, 0) is 10.2 Å². The first-order chi connectivity index (χ1) is 9.46. The number of carbonyl (C=O) groups is 1. The van der Waals surface area contributed by atoms with Gasteiger partial charge in [0, 0.05) is 5.38 Å². The number of hydrogen-bond donors (Lipinski definition) is 1. The van der Waals surface area contributed by atoms with E-state index in [2.05, 4.69) is 4.98 Å². The molecule has 0 unspecified atom stereocenters. The third-order valence-electron chi connectivity index (χ3n) is 3.10. The highest BCUT2D eigenvalue weighted by Gasteiger charge is 2.32. The van der Waals surface area contributed by atoms with Crippen LogP contribution in [0, 0.1) is 0 Å². The zero-order valence-corrected chi connectivity index (χ0v) is 12.5. The fraction of sp³-hybridized carbons (Fsp3) is 0.333. The maximum Gasteiger partial charge on any atom is 0.315 e. The van der Waals surface area contributed by atoms with Crippen molar-refractivity contribution in [2.75, 3.05) is 6.61 Å². The molecule has 0 aliphatic carbocycles. The summed E-state index contributed by atoms with van der Waals surface area (Å²) in [5.74, 6) is -0.114. The first kappa shape index (κ1) is 14.5. The molecule has 0 saturated heterocycles. The highest BCUT2D eigenvalue weighted by molar-refractivity contribution is 7.13. The van der Waals surface area contributed by atoms with Gasteiger partial charge in [-0.3, -0.25) is 4.79 Å². The molecule has 0 atom stereocenters. The molecule has 0 fully saturated rings. The van der Waals surface area contributed by atoms with Crippen LogP contribution in [0.4, 0.5) is 0 Å². The number of carboxylic acid groups (broad SMARTS) is 1. The molecule has 5 heteroatoms. The van der Waals surface area contributed by atoms with Crippen LogP contribution in [0.15, 0.2) is 29.6 Å². The van der Waals surface area contributed by atoms with Gasteiger partial charge in [-0.1, -0.05) is 12.1 Å². The number of thiazole rings is 1. The lowest BCUT2D eigenvalue weighted by molar-refractivity contribution is -0.142. The predicted octanol–water partition coefficient (Wildman–Crippen LogP) is 3.57. The second-order valence-corrected chi connectivity index (χ2v) is 5.76. The first-order valence-corrected chi connectivity index (χ1v) is 7.26. The number of rotatable bonds is 5. The molecule has 0 bridgehead atoms. The minimum absolute atomic E-state index is 0.566. The van der Waals surface area contributed by atoms with Gasteiger partial charge < -0.3 is 9.84 Å². The summed E-state index contributed by atoms with van der Waals surface area (Å²) in [5, 5.41) is 11.8. The van der Waals surface area contributed by atoms with Crippen LogP contribution in [0.1, 0.15) is 26.5 Å². The second kappa shape index (κ2) is 5.63. The van der Waals surface area contributed by atoms with E-state index >= 15 is 0 Å². The van der Waals surface area contributed by atoms with Crippen LogP contribution in [0.5, 0.6) is 5.75 Å². The lowest BCUT2D eigenvalue weighted by Gasteiger charge is -2.15. The maximum absolute atomic E-state index is 11.3. The molecule has 2 rings (SSSR count). The van der Waals surface area contributed by atoms with Gasteiger partial charge in [0.15, 0.2) is 0 Å². The van der Waals surface area contributed by atoms with Gasteiger partial charge in [0.25, 0.3) is 0 Å². The van der Waals surface area contributed by atoms with E-state index in [1.165, 1.54) is 11.3 Å². The topological polar surface area (TPSA) is 59.4 Å². The molecule has 4 nitrogen and oxygen atoms in total. The van der Waals surface area contributed by atoms with Crippen molar-refractivity contribution in [2.45, 2.75) is 26.2 Å². The van der Waals surface area contributed by atoms with Crippen LogP contribution < -0.4 is 4.74 Å². The van der Waals surface area contributed by atoms with E-state index in [-0.39, 0.29) is 0 Å². The Kier molecular flexibility index (Phi) is 4.09. The number of carboxylic acids is 1. The van der Waals surface area contributed by atoms with E-state index in [0.29, 0.717) is 12.3 Å². The van der Waals surface area contributed by atoms with Crippen molar-refractivity contribution in [2.24, 2.45) is 0 Å². The van der Waals surface area contributed by atoms with Gasteiger partial charge in [-0.25, -0.2) is 4.98 Å². The highest BCUT2D eigenvalue weighted by atomic mass is 32.1. The molecule has 20 heavy (non-hydrogen) atoms. The summed E-state index contributed by atoms with van der Waals surface area (Å²) in [5.41, 5.74) is 0.470. The quantitative estimate of drug-likeness (QED) is 0.915. The lowest BCUT2D eigenvalue weighted by Crippen LogP contribution is -2.28. The number of benzene rings is 1. The van der Waals surface area contributed by atoms with E-state index < -0.39 is 11.4 Å². The monoisotopic (exact) mass is 291 g/mol. The number of para-hydroxylation sites is 1. The van der Waals surface area contributed by atoms with Crippen molar-refractivity contribution in [3.8, 4) is 16.3 Å². The molecule has 1 heterocycles. The third kappa shape index (κ3) is 2.67. The normalized spacial score (nSPS) is 11.3. The van der Waals surface area contributed by atoms with Gasteiger partial charge >= 0.3 is 5.97 Å². The summed E-state index contributed by atoms with van der Waals surface area (Å²) in [6.07, 6.45) is 0. The van der Waals surface area contributed by atoms with Gasteiger partial charge in [-0.15, -0.1) is 11.3 Å². The van der Waals surface area contributed by atoms with Crippen LogP contribution in [0.3, 0.4) is 0 Å². The number of hydrogen-bond acceptors (Lipinski definition) is 4. The third-order valence-corrected chi connectivity index (χ3v) is 3.97. The second-order valence-electron chi connectivity index (χ2n) is 4.90. The Morgan fingerprint density at radius 1 is 1.40 bits per heavy atom. The van der Waals surface area contributed by atoms with Gasteiger partial charge in [-0.05, 0) is 32.9 Å². The van der Waals surface area contributed by atoms with Crippen LogP contribution >= 0.6 is 11.3 Å². The standard InChI is InChI=1S/C15H17NO3S/c1-4-19-11-8-6-5-7-10(11)13-16-12(9-20-13)15(2,3)14(17)18/h5-9H,4H2,1-3H3,(H,17,18). The zero-order chi connectivity index (χ0) is 14.8. The fourth-order valence-electron chi connectivity index (χ4n) is 1.72. The number of aromatic nitrogens is 1. The molecule has 1 N–H and O–H groups in total. The molecule has 2 aromatic rings. The predicted molar refractivity (Wildman–Crippen MR) is 79.4 cm³/mol. The average Bonchev–Trinajstić information content (AvgIpc) is 2.89. The molecule has 0 aliphatic rings. The van der Waals surface area contributed by atoms with Crippen LogP contribution in [0.2, 0.25) is 0 Å². The largest absolute Gasteiger partial charge is 0.493 e. The van der Waals surface area contributed by atoms with Crippen molar-refractivity contribution in [3.05, 3.63) is 35.3 Å². The first-order valence-electron chi connectivity index (χ1n) is 6.38. The van der Waals surface area contributed by atoms with Gasteiger partial charge in [-0.2, -0.15) is 0 Å². The molecule has 0 amide bonds. The average molecular weight is 291 g/mol. The Hall–Kier alpha value is -1.88. The van der Waals surface area contributed by atoms with Crippen molar-refractivity contribution < 1.29 is 14.6 Å². The van der Waals surface area contributed by atoms with Gasteiger partial charge in [0.2, 0.25) is 0 Å². The molecule has 0 saturated carbocycles. The SMILES string of the molecule is CCOc1ccccc1-c1nc(C(C)(C)C(=O)O)cs1. The maximum atomic E-state index is 11.3. The van der Waals surface area contributed by atoms with E-state index in [1.54, 1.807) is 19.2 Å². The van der Waals surface area contributed by atoms with Crippen LogP contribution in [-0.4, -0.2) is 22.7 Å². The smallest absolute Gasteiger partial charge is 0.315 e. The van der Waals surface area contributed by atoms with Crippen molar-refractivity contribution in [1.82, 2.24) is 4.98 Å². The van der Waals surface area contributed by atoms with Gasteiger partial charge in [0.05, 0.1) is 17.9 Å². The lowest BCUT2D eigenvalue weighted by atomic mass is 9.90. The molecule has 0 radical (unpaired) electrons. The Labute approximate surface area is 122 Å². The van der Waals surface area contributed by atoms with E-state index in [9.17, 15) is 9.90 Å². The Morgan fingerprint density at radius 2 is 2.10 bits per heavy atom. The molecular formula is C15H17NO3S. The van der Waals surface area contributed by atoms with Gasteiger partial charge in [0.1, 0.15) is 16.2 Å². The van der Waals surface area contributed by atoms with E-state index in [4.69, 9.17) is 4.74 Å². The van der Waals surface area contributed by atoms with E-state index in [0.717, 1.165) is 16.3 Å². The summed E-state index contributed by atoms with van der Waals surface area (Å²) < 4.78 is 5.58. The highest BCUT2D eigenvalue weighted by Crippen LogP contribution is 2.35. The minimum Gasteiger partial charge on any atom is -0.493 e. The molecule has 1 aromatic carbocycles. The van der Waals surface area contributed by atoms with Crippen molar-refractivity contribution >= 4 is 17.3 Å². The van der Waals surface area contributed by atoms with Crippen molar-refractivity contribution in [3.63, 3.8) is 0 Å². The molecule has 0 spiro atoms. The number of ether oxygens (including phenoxy) is 1. The van der Waals surface area contributed by atoms with Crippen molar-refractivity contribution in [1.29, 1.82) is 0 Å². The minimum atomic E-state index is -0.991. The Balaban J connectivity index is 2.41. The molecule has 0 aliphatic heterocycles. The molecular weight excluding hydrogens is 274 g/mol. The Morgan fingerprint density at radius 3 is 2.75 bits per heavy atom. The van der Waals surface area contributed by atoms with E-state index in [1.807, 2.05) is 31.2 Å². The molecule has 1 aromatic heterocycles. The number of nitrogens with zero attached hydrogens (tertiary/aromatic N) is 1. The number of aliphatic carboxylic acids is 1.